The van der Waals surface area contributed by atoms with E-state index in [9.17, 15) is 17.8 Å². The van der Waals surface area contributed by atoms with Gasteiger partial charge in [-0.05, 0) is 6.42 Å². The quantitative estimate of drug-likeness (QED) is 0.539. The first-order valence-corrected chi connectivity index (χ1v) is 4.19. The minimum absolute atomic E-state index is 0.189. The van der Waals surface area contributed by atoms with Crippen molar-refractivity contribution in [3.8, 4) is 0 Å². The molecule has 1 N–H and O–H groups in total. The monoisotopic (exact) mass is 202 g/mol. The summed E-state index contributed by atoms with van der Waals surface area (Å²) in [5.74, 6) is -1.97. The van der Waals surface area contributed by atoms with Gasteiger partial charge in [0.25, 0.3) is 0 Å². The molecule has 0 saturated carbocycles. The zero-order chi connectivity index (χ0) is 9.78. The van der Waals surface area contributed by atoms with Gasteiger partial charge < -0.3 is 9.29 Å². The molecular weight excluding hydrogens is 194 g/mol. The second-order valence-corrected chi connectivity index (χ2v) is 2.91. The van der Waals surface area contributed by atoms with Crippen molar-refractivity contribution in [3.63, 3.8) is 0 Å². The van der Waals surface area contributed by atoms with Crippen LogP contribution in [-0.4, -0.2) is 26.6 Å². The minimum atomic E-state index is -4.32. The van der Waals surface area contributed by atoms with Crippen molar-refractivity contribution in [3.05, 3.63) is 0 Å². The van der Waals surface area contributed by atoms with E-state index in [-0.39, 0.29) is 6.61 Å². The Balaban J connectivity index is 4.16. The smallest absolute Gasteiger partial charge is 0.439 e. The molecule has 0 aromatic heterocycles. The van der Waals surface area contributed by atoms with Gasteiger partial charge in [-0.3, -0.25) is 0 Å². The molecule has 1 unspecified atom stereocenters. The summed E-state index contributed by atoms with van der Waals surface area (Å²) in [6.07, 6.45) is 0.375. The molecule has 4 nitrogen and oxygen atoms in total. The number of esters is 1. The van der Waals surface area contributed by atoms with Crippen molar-refractivity contribution in [2.75, 3.05) is 6.61 Å². The Morgan fingerprint density at radius 1 is 1.67 bits per heavy atom. The Kier molecular flexibility index (Phi) is 4.25. The molecule has 0 fully saturated rings. The topological polar surface area (TPSA) is 63.6 Å². The Labute approximate surface area is 70.2 Å². The third-order valence-corrected chi connectivity index (χ3v) is 1.50. The average molecular weight is 202 g/mol. The molecule has 0 rings (SSSR count). The molecule has 0 amide bonds. The van der Waals surface area contributed by atoms with Crippen LogP contribution in [0.3, 0.4) is 0 Å². The lowest BCUT2D eigenvalue weighted by atomic mass is 10.5. The third-order valence-electron chi connectivity index (χ3n) is 0.894. The van der Waals surface area contributed by atoms with Crippen LogP contribution in [-0.2, 0) is 20.6 Å². The highest BCUT2D eigenvalue weighted by Gasteiger charge is 2.47. The number of halogens is 2. The first-order chi connectivity index (χ1) is 5.42. The first kappa shape index (κ1) is 11.4. The zero-order valence-electron chi connectivity index (χ0n) is 6.25. The second-order valence-electron chi connectivity index (χ2n) is 1.90. The molecule has 1 atom stereocenters. The van der Waals surface area contributed by atoms with Crippen molar-refractivity contribution in [2.24, 2.45) is 0 Å². The molecule has 0 aliphatic heterocycles. The molecule has 7 heteroatoms. The van der Waals surface area contributed by atoms with Gasteiger partial charge in [0.05, 0.1) is 6.61 Å². The normalized spacial score (nSPS) is 14.0. The van der Waals surface area contributed by atoms with Crippen LogP contribution >= 0.6 is 0 Å². The van der Waals surface area contributed by atoms with Crippen LogP contribution < -0.4 is 0 Å². The maximum atomic E-state index is 12.2. The number of ether oxygens (including phenoxy) is 1. The van der Waals surface area contributed by atoms with Gasteiger partial charge in [-0.1, -0.05) is 6.92 Å². The number of rotatable bonds is 4. The summed E-state index contributed by atoms with van der Waals surface area (Å²) < 4.78 is 46.3. The van der Waals surface area contributed by atoms with Gasteiger partial charge in [-0.2, -0.15) is 8.78 Å². The van der Waals surface area contributed by atoms with E-state index in [0.29, 0.717) is 6.42 Å². The lowest BCUT2D eigenvalue weighted by Crippen LogP contribution is -2.35. The van der Waals surface area contributed by atoms with Crippen LogP contribution in [0.2, 0.25) is 0 Å². The summed E-state index contributed by atoms with van der Waals surface area (Å²) in [5, 5.41) is -4.32. The molecule has 0 aromatic rings. The predicted molar refractivity (Wildman–Crippen MR) is 37.0 cm³/mol. The summed E-state index contributed by atoms with van der Waals surface area (Å²) in [4.78, 5) is 10.3. The van der Waals surface area contributed by atoms with E-state index in [1.165, 1.54) is 0 Å². The highest BCUT2D eigenvalue weighted by molar-refractivity contribution is 7.81. The molecule has 0 aliphatic carbocycles. The largest absolute Gasteiger partial charge is 0.460 e. The van der Waals surface area contributed by atoms with Crippen LogP contribution in [0.5, 0.6) is 0 Å². The molecule has 0 spiro atoms. The molecule has 0 saturated heterocycles. The predicted octanol–water partition coefficient (Wildman–Crippen LogP) is 0.754. The van der Waals surface area contributed by atoms with E-state index in [1.54, 1.807) is 6.92 Å². The standard InChI is InChI=1S/C5H8F2O4S/c1-2-3-11-4(8)5(6,7)12(9)10/h2-3H2,1H3,(H,9,10). The Hall–Kier alpha value is -0.560. The second kappa shape index (κ2) is 4.46. The van der Waals surface area contributed by atoms with Crippen molar-refractivity contribution >= 4 is 17.0 Å². The van der Waals surface area contributed by atoms with Crippen molar-refractivity contribution in [1.82, 2.24) is 0 Å². The summed E-state index contributed by atoms with van der Waals surface area (Å²) in [7, 11) is 0. The summed E-state index contributed by atoms with van der Waals surface area (Å²) in [5.41, 5.74) is 0. The fraction of sp³-hybridized carbons (Fsp3) is 0.800. The van der Waals surface area contributed by atoms with E-state index in [0.717, 1.165) is 0 Å². The van der Waals surface area contributed by atoms with Gasteiger partial charge in [0.2, 0.25) is 11.1 Å². The average Bonchev–Trinajstić information content (AvgIpc) is 1.99. The molecule has 0 aliphatic rings. The van der Waals surface area contributed by atoms with Crippen LogP contribution in [0.25, 0.3) is 0 Å². The number of hydrogen-bond acceptors (Lipinski definition) is 3. The number of alkyl halides is 2. The fourth-order valence-corrected chi connectivity index (χ4v) is 0.552. The molecule has 0 bridgehead atoms. The number of carbonyl (C=O) groups is 1. The van der Waals surface area contributed by atoms with E-state index in [2.05, 4.69) is 4.74 Å². The van der Waals surface area contributed by atoms with E-state index in [1.807, 2.05) is 0 Å². The SMILES string of the molecule is CCCOC(=O)C(F)(F)S(=O)O. The van der Waals surface area contributed by atoms with Crippen molar-refractivity contribution in [1.29, 1.82) is 0 Å². The number of carbonyl (C=O) groups excluding carboxylic acids is 1. The lowest BCUT2D eigenvalue weighted by Gasteiger charge is -2.09. The maximum Gasteiger partial charge on any atom is 0.439 e. The highest BCUT2D eigenvalue weighted by Crippen LogP contribution is 2.18. The van der Waals surface area contributed by atoms with Crippen LogP contribution in [0.4, 0.5) is 8.78 Å². The molecule has 0 heterocycles. The van der Waals surface area contributed by atoms with Crippen molar-refractivity contribution < 1.29 is 27.1 Å². The highest BCUT2D eigenvalue weighted by atomic mass is 32.2. The Bertz CT molecular complexity index is 194. The van der Waals surface area contributed by atoms with Gasteiger partial charge in [0, 0.05) is 0 Å². The van der Waals surface area contributed by atoms with Crippen LogP contribution in [0.15, 0.2) is 0 Å². The molecule has 0 radical (unpaired) electrons. The first-order valence-electron chi connectivity index (χ1n) is 3.09. The zero-order valence-corrected chi connectivity index (χ0v) is 7.07. The van der Waals surface area contributed by atoms with Crippen LogP contribution in [0.1, 0.15) is 13.3 Å². The van der Waals surface area contributed by atoms with Gasteiger partial charge in [0.1, 0.15) is 0 Å². The van der Waals surface area contributed by atoms with Gasteiger partial charge in [0.15, 0.2) is 0 Å². The summed E-state index contributed by atoms with van der Waals surface area (Å²) in [6, 6.07) is 0. The minimum Gasteiger partial charge on any atom is -0.460 e. The summed E-state index contributed by atoms with van der Waals surface area (Å²) in [6.45, 7) is 1.42. The number of hydrogen-bond donors (Lipinski definition) is 1. The Morgan fingerprint density at radius 3 is 2.50 bits per heavy atom. The van der Waals surface area contributed by atoms with Gasteiger partial charge in [-0.15, -0.1) is 0 Å². The van der Waals surface area contributed by atoms with Crippen LogP contribution in [0, 0.1) is 0 Å². The van der Waals surface area contributed by atoms with Crippen molar-refractivity contribution in [2.45, 2.75) is 18.6 Å². The lowest BCUT2D eigenvalue weighted by molar-refractivity contribution is -0.160. The fourth-order valence-electron chi connectivity index (χ4n) is 0.350. The maximum absolute atomic E-state index is 12.2. The summed E-state index contributed by atoms with van der Waals surface area (Å²) >= 11 is -3.52. The molecule has 0 aromatic carbocycles. The van der Waals surface area contributed by atoms with Gasteiger partial charge in [-0.25, -0.2) is 9.00 Å². The molecule has 72 valence electrons. The third kappa shape index (κ3) is 2.82. The Morgan fingerprint density at radius 2 is 2.17 bits per heavy atom. The van der Waals surface area contributed by atoms with E-state index in [4.69, 9.17) is 4.55 Å². The van der Waals surface area contributed by atoms with Gasteiger partial charge >= 0.3 is 11.2 Å². The molecule has 12 heavy (non-hydrogen) atoms. The molecular formula is C5H8F2O4S. The van der Waals surface area contributed by atoms with E-state index >= 15 is 0 Å². The van der Waals surface area contributed by atoms with E-state index < -0.39 is 22.3 Å².